The lowest BCUT2D eigenvalue weighted by atomic mass is 10.2. The summed E-state index contributed by atoms with van der Waals surface area (Å²) in [5, 5.41) is 0.646. The van der Waals surface area contributed by atoms with E-state index in [1.54, 1.807) is 19.9 Å². The van der Waals surface area contributed by atoms with Crippen LogP contribution in [0.3, 0.4) is 0 Å². The van der Waals surface area contributed by atoms with Gasteiger partial charge in [0.1, 0.15) is 11.4 Å². The summed E-state index contributed by atoms with van der Waals surface area (Å²) in [7, 11) is -4.18. The molecular formula is C17H16Cl3NO4S. The molecule has 0 saturated carbocycles. The Morgan fingerprint density at radius 2 is 1.69 bits per heavy atom. The summed E-state index contributed by atoms with van der Waals surface area (Å²) in [5.41, 5.74) is 0.863. The molecule has 0 N–H and O–H groups in total. The molecule has 0 saturated heterocycles. The average Bonchev–Trinajstić information content (AvgIpc) is 2.55. The number of anilines is 1. The normalized spacial score (nSPS) is 11.3. The second-order valence-electron chi connectivity index (χ2n) is 5.32. The van der Waals surface area contributed by atoms with Crippen molar-refractivity contribution in [3.63, 3.8) is 0 Å². The lowest BCUT2D eigenvalue weighted by Gasteiger charge is -2.25. The number of carbonyl (C=O) groups excluding carboxylic acids is 1. The largest absolute Gasteiger partial charge is 0.465 e. The number of hydrogen-bond acceptors (Lipinski definition) is 4. The minimum atomic E-state index is -4.18. The van der Waals surface area contributed by atoms with Crippen LogP contribution in [0.4, 0.5) is 5.69 Å². The molecule has 0 fully saturated rings. The molecule has 26 heavy (non-hydrogen) atoms. The maximum Gasteiger partial charge on any atom is 0.326 e. The van der Waals surface area contributed by atoms with Crippen molar-refractivity contribution in [3.05, 3.63) is 57.0 Å². The smallest absolute Gasteiger partial charge is 0.326 e. The molecule has 9 heteroatoms. The molecule has 0 aliphatic carbocycles. The highest BCUT2D eigenvalue weighted by atomic mass is 35.5. The number of nitrogens with zero attached hydrogens (tertiary/aromatic N) is 1. The standard InChI is InChI=1S/C17H16Cl3NO4S/c1-3-25-17(22)10-21(15-7-5-12(18)8-11(15)2)26(23,24)16-9-13(19)4-6-14(16)20/h4-9H,3,10H2,1-2H3. The van der Waals surface area contributed by atoms with Gasteiger partial charge < -0.3 is 4.74 Å². The molecular weight excluding hydrogens is 421 g/mol. The number of hydrogen-bond donors (Lipinski definition) is 0. The Balaban J connectivity index is 2.62. The summed E-state index contributed by atoms with van der Waals surface area (Å²) in [5.74, 6) is -0.691. The molecule has 140 valence electrons. The van der Waals surface area contributed by atoms with E-state index < -0.39 is 22.5 Å². The molecule has 0 radical (unpaired) electrons. The molecule has 0 heterocycles. The molecule has 2 rings (SSSR count). The van der Waals surface area contributed by atoms with E-state index >= 15 is 0 Å². The van der Waals surface area contributed by atoms with Crippen LogP contribution in [0.5, 0.6) is 0 Å². The first-order valence-corrected chi connectivity index (χ1v) is 10.1. The maximum absolute atomic E-state index is 13.2. The van der Waals surface area contributed by atoms with Gasteiger partial charge in [0.15, 0.2) is 0 Å². The predicted octanol–water partition coefficient (Wildman–Crippen LogP) is 4.71. The molecule has 0 bridgehead atoms. The van der Waals surface area contributed by atoms with Crippen molar-refractivity contribution in [1.29, 1.82) is 0 Å². The number of ether oxygens (including phenoxy) is 1. The highest BCUT2D eigenvalue weighted by Gasteiger charge is 2.30. The van der Waals surface area contributed by atoms with Gasteiger partial charge in [0, 0.05) is 10.0 Å². The van der Waals surface area contributed by atoms with Crippen molar-refractivity contribution in [1.82, 2.24) is 0 Å². The third kappa shape index (κ3) is 4.62. The van der Waals surface area contributed by atoms with Gasteiger partial charge in [0.2, 0.25) is 0 Å². The quantitative estimate of drug-likeness (QED) is 0.615. The number of halogens is 3. The molecule has 0 unspecified atom stereocenters. The van der Waals surface area contributed by atoms with Crippen LogP contribution in [0.1, 0.15) is 12.5 Å². The van der Waals surface area contributed by atoms with Gasteiger partial charge in [0.05, 0.1) is 17.3 Å². The molecule has 0 aliphatic rings. The van der Waals surface area contributed by atoms with Crippen LogP contribution in [0.25, 0.3) is 0 Å². The second kappa shape index (κ2) is 8.48. The summed E-state index contributed by atoms with van der Waals surface area (Å²) in [6.07, 6.45) is 0. The molecule has 0 atom stereocenters. The van der Waals surface area contributed by atoms with E-state index in [4.69, 9.17) is 39.5 Å². The Kier molecular flexibility index (Phi) is 6.80. The lowest BCUT2D eigenvalue weighted by molar-refractivity contribution is -0.141. The molecule has 0 spiro atoms. The molecule has 0 aliphatic heterocycles. The number of carbonyl (C=O) groups is 1. The highest BCUT2D eigenvalue weighted by Crippen LogP contribution is 2.33. The summed E-state index contributed by atoms with van der Waals surface area (Å²) in [6.45, 7) is 2.94. The van der Waals surface area contributed by atoms with Gasteiger partial charge >= 0.3 is 5.97 Å². The van der Waals surface area contributed by atoms with E-state index in [1.807, 2.05) is 0 Å². The fraction of sp³-hybridized carbons (Fsp3) is 0.235. The first-order chi connectivity index (χ1) is 12.2. The minimum absolute atomic E-state index is 0.00474. The zero-order valence-corrected chi connectivity index (χ0v) is 17.1. The van der Waals surface area contributed by atoms with Gasteiger partial charge in [-0.1, -0.05) is 34.8 Å². The number of sulfonamides is 1. The number of benzene rings is 2. The zero-order chi connectivity index (χ0) is 19.5. The van der Waals surface area contributed by atoms with E-state index in [0.29, 0.717) is 16.3 Å². The fourth-order valence-corrected chi connectivity index (χ4v) is 4.76. The van der Waals surface area contributed by atoms with Crippen molar-refractivity contribution in [2.75, 3.05) is 17.5 Å². The Hall–Kier alpha value is -1.47. The van der Waals surface area contributed by atoms with Gasteiger partial charge in [-0.15, -0.1) is 0 Å². The van der Waals surface area contributed by atoms with E-state index in [9.17, 15) is 13.2 Å². The van der Waals surface area contributed by atoms with E-state index in [1.165, 1.54) is 30.3 Å². The van der Waals surface area contributed by atoms with Crippen LogP contribution in [0.15, 0.2) is 41.3 Å². The molecule has 0 aromatic heterocycles. The van der Waals surface area contributed by atoms with Crippen molar-refractivity contribution < 1.29 is 17.9 Å². The van der Waals surface area contributed by atoms with Crippen LogP contribution < -0.4 is 4.31 Å². The van der Waals surface area contributed by atoms with E-state index in [-0.39, 0.29) is 21.5 Å². The maximum atomic E-state index is 13.2. The Bertz CT molecular complexity index is 932. The van der Waals surface area contributed by atoms with Gasteiger partial charge in [0.25, 0.3) is 10.0 Å². The topological polar surface area (TPSA) is 63.7 Å². The molecule has 0 amide bonds. The molecule has 2 aromatic carbocycles. The molecule has 2 aromatic rings. The zero-order valence-electron chi connectivity index (χ0n) is 14.0. The van der Waals surface area contributed by atoms with Crippen molar-refractivity contribution >= 4 is 56.5 Å². The minimum Gasteiger partial charge on any atom is -0.465 e. The monoisotopic (exact) mass is 435 g/mol. The van der Waals surface area contributed by atoms with Crippen molar-refractivity contribution in [3.8, 4) is 0 Å². The Labute approximate surface area is 167 Å². The summed E-state index contributed by atoms with van der Waals surface area (Å²) in [6, 6.07) is 8.76. The number of esters is 1. The van der Waals surface area contributed by atoms with Gasteiger partial charge in [-0.2, -0.15) is 0 Å². The van der Waals surface area contributed by atoms with Crippen LogP contribution in [-0.2, 0) is 19.6 Å². The fourth-order valence-electron chi connectivity index (χ4n) is 2.32. The van der Waals surface area contributed by atoms with E-state index in [0.717, 1.165) is 4.31 Å². The van der Waals surface area contributed by atoms with Crippen LogP contribution in [-0.4, -0.2) is 27.5 Å². The van der Waals surface area contributed by atoms with Crippen LogP contribution >= 0.6 is 34.8 Å². The van der Waals surface area contributed by atoms with Crippen molar-refractivity contribution in [2.24, 2.45) is 0 Å². The second-order valence-corrected chi connectivity index (χ2v) is 8.43. The summed E-state index contributed by atoms with van der Waals surface area (Å²) < 4.78 is 32.3. The number of aryl methyl sites for hydroxylation is 1. The van der Waals surface area contributed by atoms with Crippen LogP contribution in [0.2, 0.25) is 15.1 Å². The van der Waals surface area contributed by atoms with Crippen molar-refractivity contribution in [2.45, 2.75) is 18.7 Å². The third-order valence-electron chi connectivity index (χ3n) is 3.47. The van der Waals surface area contributed by atoms with Gasteiger partial charge in [-0.3, -0.25) is 9.10 Å². The molecule has 5 nitrogen and oxygen atoms in total. The number of rotatable bonds is 6. The van der Waals surface area contributed by atoms with Crippen LogP contribution in [0, 0.1) is 6.92 Å². The first kappa shape index (κ1) is 20.8. The summed E-state index contributed by atoms with van der Waals surface area (Å²) >= 11 is 18.0. The lowest BCUT2D eigenvalue weighted by Crippen LogP contribution is -2.37. The highest BCUT2D eigenvalue weighted by molar-refractivity contribution is 7.93. The first-order valence-electron chi connectivity index (χ1n) is 7.56. The summed E-state index contributed by atoms with van der Waals surface area (Å²) in [4.78, 5) is 11.8. The van der Waals surface area contributed by atoms with Gasteiger partial charge in [-0.05, 0) is 55.8 Å². The Morgan fingerprint density at radius 1 is 1.08 bits per heavy atom. The average molecular weight is 437 g/mol. The van der Waals surface area contributed by atoms with Gasteiger partial charge in [-0.25, -0.2) is 8.42 Å². The predicted molar refractivity (Wildman–Crippen MR) is 104 cm³/mol. The van der Waals surface area contributed by atoms with E-state index in [2.05, 4.69) is 0 Å². The Morgan fingerprint density at radius 3 is 2.31 bits per heavy atom. The SMILES string of the molecule is CCOC(=O)CN(c1ccc(Cl)cc1C)S(=O)(=O)c1cc(Cl)ccc1Cl. The third-order valence-corrected chi connectivity index (χ3v) is 6.18.